The Morgan fingerprint density at radius 1 is 1.25 bits per heavy atom. The van der Waals surface area contributed by atoms with Gasteiger partial charge in [-0.2, -0.15) is 0 Å². The molecule has 1 unspecified atom stereocenters. The molecule has 5 heteroatoms. The second kappa shape index (κ2) is 4.18. The van der Waals surface area contributed by atoms with E-state index >= 15 is 0 Å². The van der Waals surface area contributed by atoms with E-state index in [1.54, 1.807) is 18.2 Å². The van der Waals surface area contributed by atoms with Gasteiger partial charge in [-0.15, -0.1) is 0 Å². The summed E-state index contributed by atoms with van der Waals surface area (Å²) in [6.07, 6.45) is 0.883. The molecule has 0 aliphatic heterocycles. The van der Waals surface area contributed by atoms with Crippen molar-refractivity contribution in [2.45, 2.75) is 29.4 Å². The van der Waals surface area contributed by atoms with E-state index < -0.39 is 15.1 Å². The highest BCUT2D eigenvalue weighted by atomic mass is 35.5. The van der Waals surface area contributed by atoms with Gasteiger partial charge in [-0.05, 0) is 18.6 Å². The molecule has 3 nitrogen and oxygen atoms in total. The molecule has 1 saturated carbocycles. The molecular formula is C11H11ClO3S. The molecule has 2 rings (SSSR count). The van der Waals surface area contributed by atoms with E-state index in [1.165, 1.54) is 6.07 Å². The smallest absolute Gasteiger partial charge is 0.183 e. The summed E-state index contributed by atoms with van der Waals surface area (Å²) in [7, 11) is -3.46. The number of Topliss-reactive ketones (excluding diaryl/α,β-unsaturated/α-hetero) is 1. The lowest BCUT2D eigenvalue weighted by molar-refractivity contribution is -0.117. The molecule has 0 spiro atoms. The molecule has 0 N–H and O–H groups in total. The van der Waals surface area contributed by atoms with Crippen LogP contribution in [0.25, 0.3) is 0 Å². The van der Waals surface area contributed by atoms with E-state index in [2.05, 4.69) is 0 Å². The lowest BCUT2D eigenvalue weighted by Crippen LogP contribution is -2.18. The molecule has 1 aliphatic carbocycles. The minimum atomic E-state index is -3.46. The lowest BCUT2D eigenvalue weighted by Gasteiger charge is -2.11. The van der Waals surface area contributed by atoms with Gasteiger partial charge in [0.15, 0.2) is 9.84 Å². The molecule has 1 aromatic rings. The first kappa shape index (κ1) is 11.6. The van der Waals surface area contributed by atoms with Gasteiger partial charge >= 0.3 is 0 Å². The number of carbonyl (C=O) groups excluding carboxylic acids is 1. The zero-order chi connectivity index (χ0) is 11.8. The van der Waals surface area contributed by atoms with Crippen molar-refractivity contribution in [2.75, 3.05) is 0 Å². The summed E-state index contributed by atoms with van der Waals surface area (Å²) in [5.41, 5.74) is 0. The van der Waals surface area contributed by atoms with Gasteiger partial charge in [-0.25, -0.2) is 8.42 Å². The van der Waals surface area contributed by atoms with E-state index in [9.17, 15) is 13.2 Å². The predicted molar refractivity (Wildman–Crippen MR) is 61.3 cm³/mol. The number of halogens is 1. The van der Waals surface area contributed by atoms with Crippen LogP contribution in [0.4, 0.5) is 0 Å². The van der Waals surface area contributed by atoms with Crippen LogP contribution in [0, 0.1) is 0 Å². The van der Waals surface area contributed by atoms with Crippen molar-refractivity contribution in [1.82, 2.24) is 0 Å². The van der Waals surface area contributed by atoms with Crippen LogP contribution in [0.3, 0.4) is 0 Å². The van der Waals surface area contributed by atoms with Crippen LogP contribution in [0.1, 0.15) is 19.3 Å². The maximum Gasteiger partial charge on any atom is 0.183 e. The fourth-order valence-corrected chi connectivity index (χ4v) is 4.16. The minimum Gasteiger partial charge on any atom is -0.300 e. The Labute approximate surface area is 99.3 Å². The van der Waals surface area contributed by atoms with Crippen LogP contribution in [0.2, 0.25) is 5.02 Å². The molecule has 86 valence electrons. The first-order valence-electron chi connectivity index (χ1n) is 5.02. The summed E-state index contributed by atoms with van der Waals surface area (Å²) in [5.74, 6) is 0.0145. The molecule has 0 aromatic heterocycles. The van der Waals surface area contributed by atoms with Gasteiger partial charge in [-0.1, -0.05) is 23.7 Å². The quantitative estimate of drug-likeness (QED) is 0.817. The van der Waals surface area contributed by atoms with E-state index in [-0.39, 0.29) is 22.1 Å². The van der Waals surface area contributed by atoms with Crippen molar-refractivity contribution in [3.63, 3.8) is 0 Å². The van der Waals surface area contributed by atoms with Crippen LogP contribution < -0.4 is 0 Å². The first-order chi connectivity index (χ1) is 7.51. The van der Waals surface area contributed by atoms with Crippen molar-refractivity contribution in [1.29, 1.82) is 0 Å². The lowest BCUT2D eigenvalue weighted by atomic mass is 10.4. The highest BCUT2D eigenvalue weighted by molar-refractivity contribution is 7.92. The first-order valence-corrected chi connectivity index (χ1v) is 6.94. The Morgan fingerprint density at radius 2 is 1.94 bits per heavy atom. The summed E-state index contributed by atoms with van der Waals surface area (Å²) < 4.78 is 24.3. The summed E-state index contributed by atoms with van der Waals surface area (Å²) >= 11 is 5.86. The number of hydrogen-bond acceptors (Lipinski definition) is 3. The van der Waals surface area contributed by atoms with Gasteiger partial charge in [0.25, 0.3) is 0 Å². The number of ketones is 1. The van der Waals surface area contributed by atoms with Crippen LogP contribution in [0.15, 0.2) is 29.2 Å². The Morgan fingerprint density at radius 3 is 2.50 bits per heavy atom. The second-order valence-electron chi connectivity index (χ2n) is 3.88. The van der Waals surface area contributed by atoms with Gasteiger partial charge in [0.2, 0.25) is 0 Å². The Bertz CT molecular complexity index is 522. The highest BCUT2D eigenvalue weighted by Gasteiger charge is 2.35. The molecule has 0 heterocycles. The zero-order valence-electron chi connectivity index (χ0n) is 8.52. The average Bonchev–Trinajstić information content (AvgIpc) is 2.66. The monoisotopic (exact) mass is 258 g/mol. The molecule has 1 fully saturated rings. The summed E-state index contributed by atoms with van der Waals surface area (Å²) in [5, 5.41) is -0.373. The van der Waals surface area contributed by atoms with E-state index in [0.717, 1.165) is 0 Å². The van der Waals surface area contributed by atoms with E-state index in [0.29, 0.717) is 12.8 Å². The van der Waals surface area contributed by atoms with Gasteiger partial charge in [0.05, 0.1) is 15.2 Å². The molecule has 16 heavy (non-hydrogen) atoms. The number of carbonyl (C=O) groups is 1. The fourth-order valence-electron chi connectivity index (χ4n) is 1.90. The van der Waals surface area contributed by atoms with Crippen molar-refractivity contribution in [2.24, 2.45) is 0 Å². The molecule has 0 bridgehead atoms. The van der Waals surface area contributed by atoms with Crippen LogP contribution in [-0.4, -0.2) is 19.5 Å². The number of benzene rings is 1. The third-order valence-electron chi connectivity index (χ3n) is 2.78. The summed E-state index contributed by atoms with van der Waals surface area (Å²) in [6.45, 7) is 0. The summed E-state index contributed by atoms with van der Waals surface area (Å²) in [4.78, 5) is 11.3. The van der Waals surface area contributed by atoms with Crippen molar-refractivity contribution < 1.29 is 13.2 Å². The minimum absolute atomic E-state index is 0.0145. The van der Waals surface area contributed by atoms with Crippen molar-refractivity contribution >= 4 is 27.2 Å². The van der Waals surface area contributed by atoms with Gasteiger partial charge in [0, 0.05) is 12.8 Å². The van der Waals surface area contributed by atoms with Gasteiger partial charge in [-0.3, -0.25) is 4.79 Å². The Balaban J connectivity index is 2.40. The van der Waals surface area contributed by atoms with Crippen molar-refractivity contribution in [3.8, 4) is 0 Å². The molecule has 1 aromatic carbocycles. The highest BCUT2D eigenvalue weighted by Crippen LogP contribution is 2.31. The standard InChI is InChI=1S/C11H11ClO3S/c12-10-3-1-2-4-11(10)16(14,15)9-6-5-8(13)7-9/h1-4,9H,5-7H2. The molecule has 0 saturated heterocycles. The number of sulfone groups is 1. The SMILES string of the molecule is O=C1CCC(S(=O)(=O)c2ccccc2Cl)C1. The van der Waals surface area contributed by atoms with E-state index in [4.69, 9.17) is 11.6 Å². The molecule has 1 atom stereocenters. The average molecular weight is 259 g/mol. The zero-order valence-corrected chi connectivity index (χ0v) is 10.1. The second-order valence-corrected chi connectivity index (χ2v) is 6.48. The number of rotatable bonds is 2. The third kappa shape index (κ3) is 1.99. The van der Waals surface area contributed by atoms with Crippen LogP contribution >= 0.6 is 11.6 Å². The maximum absolute atomic E-state index is 12.2. The van der Waals surface area contributed by atoms with E-state index in [1.807, 2.05) is 0 Å². The molecule has 0 radical (unpaired) electrons. The topological polar surface area (TPSA) is 51.2 Å². The van der Waals surface area contributed by atoms with Crippen LogP contribution in [-0.2, 0) is 14.6 Å². The molecule has 1 aliphatic rings. The largest absolute Gasteiger partial charge is 0.300 e. The van der Waals surface area contributed by atoms with Crippen molar-refractivity contribution in [3.05, 3.63) is 29.3 Å². The Hall–Kier alpha value is -0.870. The van der Waals surface area contributed by atoms with Crippen LogP contribution in [0.5, 0.6) is 0 Å². The van der Waals surface area contributed by atoms with Gasteiger partial charge in [0.1, 0.15) is 5.78 Å². The maximum atomic E-state index is 12.2. The number of hydrogen-bond donors (Lipinski definition) is 0. The molecular weight excluding hydrogens is 248 g/mol. The molecule has 0 amide bonds. The normalized spacial score (nSPS) is 21.3. The predicted octanol–water partition coefficient (Wildman–Crippen LogP) is 2.24. The Kier molecular flexibility index (Phi) is 3.04. The fraction of sp³-hybridized carbons (Fsp3) is 0.364. The third-order valence-corrected chi connectivity index (χ3v) is 5.47. The summed E-state index contributed by atoms with van der Waals surface area (Å²) in [6, 6.07) is 6.35. The van der Waals surface area contributed by atoms with Gasteiger partial charge < -0.3 is 0 Å².